The minimum atomic E-state index is -0.375. The Morgan fingerprint density at radius 1 is 1.55 bits per heavy atom. The van der Waals surface area contributed by atoms with Crippen LogP contribution in [0.4, 0.5) is 0 Å². The van der Waals surface area contributed by atoms with E-state index in [0.29, 0.717) is 5.75 Å². The van der Waals surface area contributed by atoms with Gasteiger partial charge in [-0.3, -0.25) is 4.79 Å². The average molecular weight is 281 g/mol. The molecule has 0 aliphatic heterocycles. The lowest BCUT2D eigenvalue weighted by atomic mass is 10.1. The van der Waals surface area contributed by atoms with Crippen molar-refractivity contribution in [3.63, 3.8) is 0 Å². The summed E-state index contributed by atoms with van der Waals surface area (Å²) in [6.07, 6.45) is 0.226. The van der Waals surface area contributed by atoms with E-state index >= 15 is 0 Å². The second kappa shape index (κ2) is 6.65. The van der Waals surface area contributed by atoms with Gasteiger partial charge < -0.3 is 25.7 Å². The van der Waals surface area contributed by atoms with Crippen LogP contribution >= 0.6 is 0 Å². The first kappa shape index (κ1) is 15.6. The molecule has 7 nitrogen and oxygen atoms in total. The number of amidine groups is 1. The summed E-state index contributed by atoms with van der Waals surface area (Å²) in [5.74, 6) is 0.00828. The predicted octanol–water partition coefficient (Wildman–Crippen LogP) is 0.998. The molecule has 0 aromatic heterocycles. The van der Waals surface area contributed by atoms with Crippen LogP contribution in [0.2, 0.25) is 0 Å². The van der Waals surface area contributed by atoms with Crippen molar-refractivity contribution in [1.29, 1.82) is 0 Å². The number of methoxy groups -OCH3 is 1. The van der Waals surface area contributed by atoms with Gasteiger partial charge in [-0.2, -0.15) is 0 Å². The van der Waals surface area contributed by atoms with Crippen molar-refractivity contribution >= 4 is 11.7 Å². The number of phenols is 1. The molecule has 0 radical (unpaired) electrons. The molecule has 1 aromatic rings. The quantitative estimate of drug-likeness (QED) is 0.323. The lowest BCUT2D eigenvalue weighted by Gasteiger charge is -2.25. The third kappa shape index (κ3) is 3.53. The Bertz CT molecular complexity index is 516. The fourth-order valence-electron chi connectivity index (χ4n) is 1.68. The molecule has 0 spiro atoms. The van der Waals surface area contributed by atoms with Crippen molar-refractivity contribution in [3.05, 3.63) is 23.8 Å². The summed E-state index contributed by atoms with van der Waals surface area (Å²) < 4.78 is 5.03. The summed E-state index contributed by atoms with van der Waals surface area (Å²) in [5.41, 5.74) is 5.56. The zero-order chi connectivity index (χ0) is 15.3. The van der Waals surface area contributed by atoms with Crippen molar-refractivity contribution in [2.75, 3.05) is 14.2 Å². The summed E-state index contributed by atoms with van der Waals surface area (Å²) in [4.78, 5) is 13.7. The normalized spacial score (nSPS) is 12.8. The Morgan fingerprint density at radius 2 is 2.20 bits per heavy atom. The highest BCUT2D eigenvalue weighted by molar-refractivity contribution is 5.97. The van der Waals surface area contributed by atoms with Gasteiger partial charge in [-0.05, 0) is 25.1 Å². The number of carbonyl (C=O) groups is 1. The highest BCUT2D eigenvalue weighted by Crippen LogP contribution is 2.24. The maximum absolute atomic E-state index is 12.3. The van der Waals surface area contributed by atoms with Gasteiger partial charge in [0.1, 0.15) is 17.3 Å². The fourth-order valence-corrected chi connectivity index (χ4v) is 1.68. The van der Waals surface area contributed by atoms with E-state index < -0.39 is 0 Å². The lowest BCUT2D eigenvalue weighted by molar-refractivity contribution is 0.0743. The summed E-state index contributed by atoms with van der Waals surface area (Å²) >= 11 is 0. The predicted molar refractivity (Wildman–Crippen MR) is 74.2 cm³/mol. The van der Waals surface area contributed by atoms with Crippen LogP contribution in [0.25, 0.3) is 0 Å². The Morgan fingerprint density at radius 3 is 2.75 bits per heavy atom. The van der Waals surface area contributed by atoms with Gasteiger partial charge in [0.15, 0.2) is 0 Å². The summed E-state index contributed by atoms with van der Waals surface area (Å²) in [5, 5.41) is 21.2. The number of ether oxygens (including phenoxy) is 1. The van der Waals surface area contributed by atoms with Gasteiger partial charge in [0.25, 0.3) is 5.91 Å². The molecule has 110 valence electrons. The topological polar surface area (TPSA) is 108 Å². The van der Waals surface area contributed by atoms with Gasteiger partial charge in [0, 0.05) is 19.5 Å². The molecule has 0 fully saturated rings. The third-order valence-corrected chi connectivity index (χ3v) is 3.05. The Balaban J connectivity index is 2.94. The zero-order valence-electron chi connectivity index (χ0n) is 11.7. The first-order valence-electron chi connectivity index (χ1n) is 6.01. The van der Waals surface area contributed by atoms with Gasteiger partial charge in [-0.15, -0.1) is 0 Å². The number of aromatic hydroxyl groups is 1. The second-order valence-electron chi connectivity index (χ2n) is 4.44. The van der Waals surface area contributed by atoms with E-state index in [1.54, 1.807) is 20.0 Å². The van der Waals surface area contributed by atoms with E-state index in [1.807, 2.05) is 0 Å². The zero-order valence-corrected chi connectivity index (χ0v) is 11.7. The molecular weight excluding hydrogens is 262 g/mol. The summed E-state index contributed by atoms with van der Waals surface area (Å²) in [6, 6.07) is 4.13. The van der Waals surface area contributed by atoms with Crippen LogP contribution in [-0.2, 0) is 0 Å². The highest BCUT2D eigenvalue weighted by Gasteiger charge is 2.21. The van der Waals surface area contributed by atoms with E-state index in [9.17, 15) is 9.90 Å². The van der Waals surface area contributed by atoms with E-state index in [1.165, 1.54) is 24.1 Å². The minimum Gasteiger partial charge on any atom is -0.507 e. The number of benzene rings is 1. The average Bonchev–Trinajstić information content (AvgIpc) is 2.45. The fraction of sp³-hybridized carbons (Fsp3) is 0.385. The van der Waals surface area contributed by atoms with Crippen molar-refractivity contribution in [2.24, 2.45) is 10.9 Å². The molecule has 1 amide bonds. The van der Waals surface area contributed by atoms with Crippen LogP contribution in [-0.4, -0.2) is 47.2 Å². The first-order chi connectivity index (χ1) is 9.40. The monoisotopic (exact) mass is 281 g/mol. The number of hydrogen-bond acceptors (Lipinski definition) is 5. The van der Waals surface area contributed by atoms with Gasteiger partial charge in [-0.25, -0.2) is 0 Å². The largest absolute Gasteiger partial charge is 0.507 e. The molecular formula is C13H19N3O4. The molecule has 1 unspecified atom stereocenters. The Hall–Kier alpha value is -2.44. The second-order valence-corrected chi connectivity index (χ2v) is 4.44. The van der Waals surface area contributed by atoms with Crippen molar-refractivity contribution in [2.45, 2.75) is 19.4 Å². The third-order valence-electron chi connectivity index (χ3n) is 3.05. The van der Waals surface area contributed by atoms with Gasteiger partial charge >= 0.3 is 0 Å². The van der Waals surface area contributed by atoms with Crippen LogP contribution in [0, 0.1) is 0 Å². The van der Waals surface area contributed by atoms with E-state index in [2.05, 4.69) is 5.16 Å². The summed E-state index contributed by atoms with van der Waals surface area (Å²) in [6.45, 7) is 1.76. The molecule has 0 aliphatic carbocycles. The van der Waals surface area contributed by atoms with E-state index in [-0.39, 0.29) is 35.5 Å². The smallest absolute Gasteiger partial charge is 0.257 e. The highest BCUT2D eigenvalue weighted by atomic mass is 16.5. The standard InChI is InChI=1S/C13H19N3O4/c1-8(6-12(14)15-19)16(2)13(18)10-7-9(20-3)4-5-11(10)17/h4-5,7-8,17,19H,6H2,1-3H3,(H2,14,15). The summed E-state index contributed by atoms with van der Waals surface area (Å²) in [7, 11) is 3.06. The number of carbonyl (C=O) groups excluding carboxylic acids is 1. The molecule has 1 aromatic carbocycles. The van der Waals surface area contributed by atoms with Gasteiger partial charge in [0.05, 0.1) is 12.7 Å². The van der Waals surface area contributed by atoms with Crippen LogP contribution in [0.15, 0.2) is 23.4 Å². The van der Waals surface area contributed by atoms with Crippen LogP contribution < -0.4 is 10.5 Å². The van der Waals surface area contributed by atoms with Gasteiger partial charge in [-0.1, -0.05) is 5.16 Å². The lowest BCUT2D eigenvalue weighted by Crippen LogP contribution is -2.37. The molecule has 20 heavy (non-hydrogen) atoms. The van der Waals surface area contributed by atoms with Crippen molar-refractivity contribution in [3.8, 4) is 11.5 Å². The maximum atomic E-state index is 12.3. The van der Waals surface area contributed by atoms with E-state index in [0.717, 1.165) is 0 Å². The van der Waals surface area contributed by atoms with Gasteiger partial charge in [0.2, 0.25) is 0 Å². The first-order valence-corrected chi connectivity index (χ1v) is 6.01. The van der Waals surface area contributed by atoms with Crippen molar-refractivity contribution in [1.82, 2.24) is 4.90 Å². The number of oxime groups is 1. The number of nitrogens with zero attached hydrogens (tertiary/aromatic N) is 2. The van der Waals surface area contributed by atoms with Crippen LogP contribution in [0.3, 0.4) is 0 Å². The molecule has 4 N–H and O–H groups in total. The Kier molecular flexibility index (Phi) is 5.19. The molecule has 7 heteroatoms. The van der Waals surface area contributed by atoms with Crippen LogP contribution in [0.5, 0.6) is 11.5 Å². The number of nitrogens with two attached hydrogens (primary N) is 1. The minimum absolute atomic E-state index is 0.0343. The molecule has 0 heterocycles. The molecule has 1 rings (SSSR count). The van der Waals surface area contributed by atoms with Crippen molar-refractivity contribution < 1.29 is 19.8 Å². The van der Waals surface area contributed by atoms with E-state index in [4.69, 9.17) is 15.7 Å². The SMILES string of the molecule is COc1ccc(O)c(C(=O)N(C)C(C)CC(N)=NO)c1. The molecule has 0 saturated carbocycles. The number of amides is 1. The number of phenolic OH excluding ortho intramolecular Hbond substituents is 1. The molecule has 0 saturated heterocycles. The Labute approximate surface area is 117 Å². The van der Waals surface area contributed by atoms with Crippen LogP contribution in [0.1, 0.15) is 23.7 Å². The number of rotatable bonds is 5. The molecule has 0 bridgehead atoms. The maximum Gasteiger partial charge on any atom is 0.257 e. The number of hydrogen-bond donors (Lipinski definition) is 3. The molecule has 0 aliphatic rings. The molecule has 1 atom stereocenters.